The minimum Gasteiger partial charge on any atom is -0.491 e. The third-order valence-corrected chi connectivity index (χ3v) is 12.4. The summed E-state index contributed by atoms with van der Waals surface area (Å²) < 4.78 is 48.1. The molecular weight excluding hydrogens is 637 g/mol. The molecule has 2 unspecified atom stereocenters. The molecule has 2 saturated heterocycles. The molecule has 0 spiro atoms. The Morgan fingerprint density at radius 3 is 1.76 bits per heavy atom. The van der Waals surface area contributed by atoms with Gasteiger partial charge in [0.05, 0.1) is 25.2 Å². The van der Waals surface area contributed by atoms with Crippen LogP contribution in [0.2, 0.25) is 6.04 Å². The average molecular weight is 683 g/mol. The molecule has 2 aliphatic heterocycles. The first-order valence-corrected chi connectivity index (χ1v) is 19.5. The van der Waals surface area contributed by atoms with Crippen molar-refractivity contribution < 1.29 is 37.0 Å². The number of fused-ring (bicyclic) bond motifs is 3. The first kappa shape index (κ1) is 33.8. The lowest BCUT2D eigenvalue weighted by atomic mass is 9.67. The molecule has 0 N–H and O–H groups in total. The van der Waals surface area contributed by atoms with Gasteiger partial charge in [0.2, 0.25) is 0 Å². The average Bonchev–Trinajstić information content (AvgIpc) is 4.08. The van der Waals surface area contributed by atoms with Gasteiger partial charge in [-0.1, -0.05) is 66.7 Å². The first-order chi connectivity index (χ1) is 24.1. The highest BCUT2D eigenvalue weighted by molar-refractivity contribution is 6.60. The van der Waals surface area contributed by atoms with E-state index in [1.165, 1.54) is 22.3 Å². The maximum absolute atomic E-state index is 6.61. The normalized spacial score (nSPS) is 18.4. The van der Waals surface area contributed by atoms with E-state index in [-0.39, 0.29) is 12.2 Å². The number of rotatable bonds is 19. The molecule has 4 aromatic carbocycles. The molecule has 49 heavy (non-hydrogen) atoms. The van der Waals surface area contributed by atoms with Crippen LogP contribution in [0.3, 0.4) is 0 Å². The maximum atomic E-state index is 6.61. The lowest BCUT2D eigenvalue weighted by Gasteiger charge is -2.34. The molecule has 0 bridgehead atoms. The molecule has 2 fully saturated rings. The summed E-state index contributed by atoms with van der Waals surface area (Å²) in [5.74, 6) is 2.22. The summed E-state index contributed by atoms with van der Waals surface area (Å²) >= 11 is 0. The fourth-order valence-electron chi connectivity index (χ4n) is 6.97. The summed E-state index contributed by atoms with van der Waals surface area (Å²) in [7, 11) is -2.80. The van der Waals surface area contributed by atoms with Crippen LogP contribution in [0.4, 0.5) is 0 Å². The van der Waals surface area contributed by atoms with Gasteiger partial charge in [-0.05, 0) is 84.8 Å². The van der Waals surface area contributed by atoms with Crippen LogP contribution in [0, 0.1) is 0 Å². The molecule has 0 radical (unpaired) electrons. The van der Waals surface area contributed by atoms with Crippen molar-refractivity contribution in [2.75, 3.05) is 52.9 Å². The zero-order valence-electron chi connectivity index (χ0n) is 28.7. The van der Waals surface area contributed by atoms with E-state index in [0.717, 1.165) is 30.1 Å². The van der Waals surface area contributed by atoms with Gasteiger partial charge < -0.3 is 37.0 Å². The Kier molecular flexibility index (Phi) is 10.4. The number of hydrogen-bond acceptors (Lipinski definition) is 8. The van der Waals surface area contributed by atoms with Gasteiger partial charge in [0, 0.05) is 25.9 Å². The van der Waals surface area contributed by atoms with E-state index in [9.17, 15) is 0 Å². The Labute approximate surface area is 290 Å². The maximum Gasteiger partial charge on any atom is 0.501 e. The number of epoxide rings is 2. The molecule has 2 atom stereocenters. The van der Waals surface area contributed by atoms with Gasteiger partial charge in [0.25, 0.3) is 0 Å². The number of benzene rings is 4. The second-order valence-corrected chi connectivity index (χ2v) is 15.2. The van der Waals surface area contributed by atoms with Crippen molar-refractivity contribution in [1.29, 1.82) is 0 Å². The minimum absolute atomic E-state index is 0.120. The fourth-order valence-corrected chi connectivity index (χ4v) is 9.55. The lowest BCUT2D eigenvalue weighted by molar-refractivity contribution is 0.0696. The molecule has 0 aromatic heterocycles. The topological polar surface area (TPSA) is 80.4 Å². The molecule has 258 valence electrons. The number of hydrogen-bond donors (Lipinski definition) is 0. The summed E-state index contributed by atoms with van der Waals surface area (Å²) in [6, 6.07) is 33.0. The van der Waals surface area contributed by atoms with E-state index in [1.54, 1.807) is 0 Å². The van der Waals surface area contributed by atoms with Gasteiger partial charge >= 0.3 is 8.80 Å². The molecule has 2 heterocycles. The third kappa shape index (κ3) is 7.15. The summed E-state index contributed by atoms with van der Waals surface area (Å²) in [5.41, 5.74) is 6.54. The van der Waals surface area contributed by atoms with Crippen molar-refractivity contribution >= 4 is 8.80 Å². The third-order valence-electron chi connectivity index (χ3n) is 9.26. The Balaban J connectivity index is 1.26. The predicted octanol–water partition coefficient (Wildman–Crippen LogP) is 7.42. The van der Waals surface area contributed by atoms with Crippen LogP contribution < -0.4 is 14.2 Å². The van der Waals surface area contributed by atoms with E-state index >= 15 is 0 Å². The second kappa shape index (κ2) is 15.0. The summed E-state index contributed by atoms with van der Waals surface area (Å²) in [4.78, 5) is 0. The smallest absolute Gasteiger partial charge is 0.491 e. The summed E-state index contributed by atoms with van der Waals surface area (Å²) in [6.07, 6.45) is 1.03. The molecule has 3 aliphatic rings. The van der Waals surface area contributed by atoms with Crippen molar-refractivity contribution in [2.45, 2.75) is 50.9 Å². The van der Waals surface area contributed by atoms with Gasteiger partial charge in [0.1, 0.15) is 31.2 Å². The van der Waals surface area contributed by atoms with Crippen molar-refractivity contribution in [3.8, 4) is 28.4 Å². The van der Waals surface area contributed by atoms with Gasteiger partial charge in [-0.25, -0.2) is 0 Å². The van der Waals surface area contributed by atoms with E-state index in [0.29, 0.717) is 63.6 Å². The molecule has 0 amide bonds. The van der Waals surface area contributed by atoms with E-state index in [2.05, 4.69) is 84.9 Å². The lowest BCUT2D eigenvalue weighted by Crippen LogP contribution is -2.46. The number of ether oxygens (including phenoxy) is 5. The molecule has 0 saturated carbocycles. The van der Waals surface area contributed by atoms with Crippen molar-refractivity contribution in [3.05, 3.63) is 113 Å². The Morgan fingerprint density at radius 2 is 1.18 bits per heavy atom. The quantitative estimate of drug-likeness (QED) is 0.0506. The van der Waals surface area contributed by atoms with Crippen molar-refractivity contribution in [1.82, 2.24) is 0 Å². The Hall–Kier alpha value is -3.70. The van der Waals surface area contributed by atoms with Crippen LogP contribution in [-0.2, 0) is 28.2 Å². The highest BCUT2D eigenvalue weighted by Gasteiger charge is 2.46. The van der Waals surface area contributed by atoms with Crippen LogP contribution >= 0.6 is 0 Å². The van der Waals surface area contributed by atoms with E-state index in [4.69, 9.17) is 37.0 Å². The molecule has 8 nitrogen and oxygen atoms in total. The van der Waals surface area contributed by atoms with E-state index in [1.807, 2.05) is 26.8 Å². The fraction of sp³-hybridized carbons (Fsp3) is 0.400. The zero-order valence-corrected chi connectivity index (χ0v) is 29.7. The van der Waals surface area contributed by atoms with Crippen molar-refractivity contribution in [3.63, 3.8) is 0 Å². The standard InChI is InChI=1S/C40H46O8Si/c1-4-46-49(47-5-2,48-6-3)23-11-22-41-39-24-30(18-21-38(39)45-28-33-27-44-33)40(29-16-19-31(20-17-29)42-25-32-26-43-32)36-14-9-7-12-34(36)35-13-8-10-15-37(35)40/h7-10,12-21,24,32-33H,4-6,11,22-23,25-28H2,1-3H3. The zero-order chi connectivity index (χ0) is 33.7. The van der Waals surface area contributed by atoms with Crippen LogP contribution in [0.25, 0.3) is 11.1 Å². The van der Waals surface area contributed by atoms with Gasteiger partial charge in [-0.15, -0.1) is 0 Å². The highest BCUT2D eigenvalue weighted by Crippen LogP contribution is 2.57. The van der Waals surface area contributed by atoms with Gasteiger partial charge in [-0.2, -0.15) is 0 Å². The Morgan fingerprint density at radius 1 is 0.633 bits per heavy atom. The second-order valence-electron chi connectivity index (χ2n) is 12.5. The van der Waals surface area contributed by atoms with Gasteiger partial charge in [0.15, 0.2) is 11.5 Å². The molecule has 9 heteroatoms. The predicted molar refractivity (Wildman–Crippen MR) is 190 cm³/mol. The van der Waals surface area contributed by atoms with Crippen LogP contribution in [0.15, 0.2) is 91.0 Å². The summed E-state index contributed by atoms with van der Waals surface area (Å²) in [5, 5.41) is 0. The molecule has 4 aromatic rings. The van der Waals surface area contributed by atoms with Crippen molar-refractivity contribution in [2.24, 2.45) is 0 Å². The monoisotopic (exact) mass is 682 g/mol. The molecule has 1 aliphatic carbocycles. The van der Waals surface area contributed by atoms with E-state index < -0.39 is 14.2 Å². The Bertz CT molecular complexity index is 1640. The highest BCUT2D eigenvalue weighted by atomic mass is 28.4. The SMILES string of the molecule is CCO[Si](CCCOc1cc(C2(c3ccc(OCC4CO4)cc3)c3ccccc3-c3ccccc32)ccc1OCC1CO1)(OCC)OCC. The minimum atomic E-state index is -2.80. The summed E-state index contributed by atoms with van der Waals surface area (Å²) in [6.45, 7) is 10.6. The largest absolute Gasteiger partial charge is 0.501 e. The molecule has 7 rings (SSSR count). The first-order valence-electron chi connectivity index (χ1n) is 17.6. The van der Waals surface area contributed by atoms with Crippen LogP contribution in [0.5, 0.6) is 17.2 Å². The van der Waals surface area contributed by atoms with Gasteiger partial charge in [-0.3, -0.25) is 0 Å². The van der Waals surface area contributed by atoms with Crippen LogP contribution in [-0.4, -0.2) is 73.9 Å². The van der Waals surface area contributed by atoms with Crippen LogP contribution in [0.1, 0.15) is 49.4 Å². The molecular formula is C40H46O8Si.